The molecule has 1 rings (SSSR count). The Morgan fingerprint density at radius 3 is 2.27 bits per heavy atom. The van der Waals surface area contributed by atoms with Gasteiger partial charge in [-0.1, -0.05) is 6.92 Å². The average molecular weight is 231 g/mol. The number of piperidine rings is 1. The molecule has 1 unspecified atom stereocenters. The van der Waals surface area contributed by atoms with Crippen molar-refractivity contribution in [1.29, 1.82) is 0 Å². The van der Waals surface area contributed by atoms with Crippen molar-refractivity contribution < 1.29 is 8.85 Å². The second kappa shape index (κ2) is 6.63. The monoisotopic (exact) mass is 231 g/mol. The maximum absolute atomic E-state index is 6.04. The first-order valence-electron chi connectivity index (χ1n) is 6.27. The Morgan fingerprint density at radius 1 is 1.20 bits per heavy atom. The predicted molar refractivity (Wildman–Crippen MR) is 65.3 cm³/mol. The summed E-state index contributed by atoms with van der Waals surface area (Å²) in [6.45, 7) is 10.2. The third-order valence-corrected chi connectivity index (χ3v) is 7.47. The lowest BCUT2D eigenvalue weighted by Crippen LogP contribution is -2.51. The Labute approximate surface area is 94.8 Å². The Balaban J connectivity index is 2.66. The van der Waals surface area contributed by atoms with E-state index in [1.54, 1.807) is 0 Å². The van der Waals surface area contributed by atoms with Crippen LogP contribution in [-0.2, 0) is 8.85 Å². The van der Waals surface area contributed by atoms with Gasteiger partial charge in [-0.25, -0.2) is 0 Å². The van der Waals surface area contributed by atoms with Crippen molar-refractivity contribution in [2.24, 2.45) is 0 Å². The fraction of sp³-hybridized carbons (Fsp3) is 1.00. The molecule has 1 aliphatic rings. The number of nitrogens with one attached hydrogen (secondary N) is 1. The van der Waals surface area contributed by atoms with Crippen molar-refractivity contribution >= 4 is 8.56 Å². The van der Waals surface area contributed by atoms with Gasteiger partial charge in [0.1, 0.15) is 0 Å². The van der Waals surface area contributed by atoms with Gasteiger partial charge in [-0.05, 0) is 45.8 Å². The summed E-state index contributed by atoms with van der Waals surface area (Å²) in [5.74, 6) is 0. The first-order valence-corrected chi connectivity index (χ1v) is 8.37. The van der Waals surface area contributed by atoms with E-state index in [4.69, 9.17) is 8.85 Å². The third kappa shape index (κ3) is 3.28. The largest absolute Gasteiger partial charge is 0.394 e. The second-order valence-electron chi connectivity index (χ2n) is 4.07. The lowest BCUT2D eigenvalue weighted by Gasteiger charge is -2.38. The summed E-state index contributed by atoms with van der Waals surface area (Å²) in [4.78, 5) is 0. The first-order chi connectivity index (χ1) is 7.29. The maximum atomic E-state index is 6.04. The molecular weight excluding hydrogens is 206 g/mol. The highest BCUT2D eigenvalue weighted by molar-refractivity contribution is 6.69. The summed E-state index contributed by atoms with van der Waals surface area (Å²) < 4.78 is 12.1. The van der Waals surface area contributed by atoms with Crippen LogP contribution in [0.2, 0.25) is 11.6 Å². The Hall–Kier alpha value is 0.0969. The number of hydrogen-bond acceptors (Lipinski definition) is 3. The molecule has 3 nitrogen and oxygen atoms in total. The van der Waals surface area contributed by atoms with E-state index in [0.717, 1.165) is 32.3 Å². The van der Waals surface area contributed by atoms with Gasteiger partial charge in [0.25, 0.3) is 0 Å². The molecule has 0 aromatic rings. The number of hydrogen-bond donors (Lipinski definition) is 1. The van der Waals surface area contributed by atoms with Crippen molar-refractivity contribution in [3.63, 3.8) is 0 Å². The molecule has 0 amide bonds. The molecule has 1 atom stereocenters. The van der Waals surface area contributed by atoms with Crippen molar-refractivity contribution in [3.05, 3.63) is 0 Å². The minimum atomic E-state index is -1.93. The smallest absolute Gasteiger partial charge is 0.342 e. The van der Waals surface area contributed by atoms with Crippen molar-refractivity contribution in [2.45, 2.75) is 45.2 Å². The van der Waals surface area contributed by atoms with Gasteiger partial charge in [0, 0.05) is 18.8 Å². The van der Waals surface area contributed by atoms with Gasteiger partial charge in [-0.3, -0.25) is 0 Å². The van der Waals surface area contributed by atoms with E-state index in [9.17, 15) is 0 Å². The third-order valence-electron chi connectivity index (χ3n) is 3.19. The zero-order valence-electron chi connectivity index (χ0n) is 10.3. The van der Waals surface area contributed by atoms with Gasteiger partial charge < -0.3 is 14.2 Å². The highest BCUT2D eigenvalue weighted by atomic mass is 28.4. The number of rotatable bonds is 6. The molecule has 1 aliphatic heterocycles. The summed E-state index contributed by atoms with van der Waals surface area (Å²) in [6.07, 6.45) is 2.53. The van der Waals surface area contributed by atoms with Gasteiger partial charge in [-0.2, -0.15) is 0 Å². The van der Waals surface area contributed by atoms with Crippen LogP contribution in [0.25, 0.3) is 0 Å². The SMILES string of the molecule is CCO[Si](CC)(OCC)C1CCCNC1. The molecule has 0 aromatic heterocycles. The van der Waals surface area contributed by atoms with Crippen LogP contribution in [0.3, 0.4) is 0 Å². The van der Waals surface area contributed by atoms with Gasteiger partial charge in [0.15, 0.2) is 0 Å². The Bertz CT molecular complexity index is 166. The molecule has 0 saturated carbocycles. The van der Waals surface area contributed by atoms with Crippen LogP contribution >= 0.6 is 0 Å². The van der Waals surface area contributed by atoms with Gasteiger partial charge >= 0.3 is 8.56 Å². The molecule has 1 N–H and O–H groups in total. The van der Waals surface area contributed by atoms with Gasteiger partial charge in [-0.15, -0.1) is 0 Å². The highest BCUT2D eigenvalue weighted by Crippen LogP contribution is 2.33. The van der Waals surface area contributed by atoms with Crippen molar-refractivity contribution in [1.82, 2.24) is 5.32 Å². The van der Waals surface area contributed by atoms with E-state index in [-0.39, 0.29) is 0 Å². The molecular formula is C11H25NO2Si. The van der Waals surface area contributed by atoms with Gasteiger partial charge in [0.2, 0.25) is 0 Å². The molecule has 1 fully saturated rings. The van der Waals surface area contributed by atoms with E-state index in [1.807, 2.05) is 0 Å². The van der Waals surface area contributed by atoms with Crippen molar-refractivity contribution in [3.8, 4) is 0 Å². The fourth-order valence-corrected chi connectivity index (χ4v) is 6.10. The van der Waals surface area contributed by atoms with Crippen LogP contribution in [0.4, 0.5) is 0 Å². The Kier molecular flexibility index (Phi) is 5.82. The van der Waals surface area contributed by atoms with Crippen LogP contribution in [0.15, 0.2) is 0 Å². The molecule has 0 aromatic carbocycles. The molecule has 0 aliphatic carbocycles. The summed E-state index contributed by atoms with van der Waals surface area (Å²) >= 11 is 0. The average Bonchev–Trinajstić information content (AvgIpc) is 2.30. The fourth-order valence-electron chi connectivity index (χ4n) is 2.49. The highest BCUT2D eigenvalue weighted by Gasteiger charge is 2.44. The molecule has 0 bridgehead atoms. The van der Waals surface area contributed by atoms with Crippen LogP contribution in [0.1, 0.15) is 33.6 Å². The molecule has 1 saturated heterocycles. The molecule has 0 spiro atoms. The molecule has 0 radical (unpaired) electrons. The lowest BCUT2D eigenvalue weighted by atomic mass is 10.2. The van der Waals surface area contributed by atoms with E-state index in [1.165, 1.54) is 12.8 Å². The molecule has 4 heteroatoms. The topological polar surface area (TPSA) is 30.5 Å². The predicted octanol–water partition coefficient (Wildman–Crippen LogP) is 2.28. The normalized spacial score (nSPS) is 23.0. The van der Waals surface area contributed by atoms with Crippen LogP contribution in [-0.4, -0.2) is 34.9 Å². The minimum Gasteiger partial charge on any atom is -0.394 e. The van der Waals surface area contributed by atoms with E-state index in [2.05, 4.69) is 26.1 Å². The summed E-state index contributed by atoms with van der Waals surface area (Å²) in [5, 5.41) is 3.47. The molecule has 1 heterocycles. The maximum Gasteiger partial charge on any atom is 0.342 e. The Morgan fingerprint density at radius 2 is 1.87 bits per heavy atom. The summed E-state index contributed by atoms with van der Waals surface area (Å²) in [7, 11) is -1.93. The second-order valence-corrected chi connectivity index (χ2v) is 7.80. The minimum absolute atomic E-state index is 0.635. The van der Waals surface area contributed by atoms with Crippen molar-refractivity contribution in [2.75, 3.05) is 26.3 Å². The van der Waals surface area contributed by atoms with Crippen LogP contribution < -0.4 is 5.32 Å². The summed E-state index contributed by atoms with van der Waals surface area (Å²) in [5.41, 5.74) is 0.635. The first kappa shape index (κ1) is 13.2. The van der Waals surface area contributed by atoms with Crippen LogP contribution in [0, 0.1) is 0 Å². The lowest BCUT2D eigenvalue weighted by molar-refractivity contribution is 0.167. The van der Waals surface area contributed by atoms with E-state index < -0.39 is 8.56 Å². The van der Waals surface area contributed by atoms with E-state index in [0.29, 0.717) is 5.54 Å². The van der Waals surface area contributed by atoms with E-state index >= 15 is 0 Å². The standard InChI is InChI=1S/C11H25NO2Si/c1-4-13-15(6-3,14-5-2)11-8-7-9-12-10-11/h11-12H,4-10H2,1-3H3. The molecule has 90 valence electrons. The van der Waals surface area contributed by atoms with Gasteiger partial charge in [0.05, 0.1) is 0 Å². The summed E-state index contributed by atoms with van der Waals surface area (Å²) in [6, 6.07) is 1.07. The zero-order chi connectivity index (χ0) is 11.1. The quantitative estimate of drug-likeness (QED) is 0.711. The molecule has 15 heavy (non-hydrogen) atoms. The van der Waals surface area contributed by atoms with Crippen LogP contribution in [0.5, 0.6) is 0 Å². The zero-order valence-corrected chi connectivity index (χ0v) is 11.3.